The fraction of sp³-hybridized carbons (Fsp3) is 0.200. The number of rotatable bonds is 3. The molecule has 0 fully saturated rings. The van der Waals surface area contributed by atoms with Crippen molar-refractivity contribution in [2.45, 2.75) is 46.0 Å². The van der Waals surface area contributed by atoms with E-state index in [1.807, 2.05) is 6.07 Å². The van der Waals surface area contributed by atoms with Gasteiger partial charge in [0.25, 0.3) is 0 Å². The molecule has 0 radical (unpaired) electrons. The van der Waals surface area contributed by atoms with Crippen molar-refractivity contribution in [3.63, 3.8) is 0 Å². The highest BCUT2D eigenvalue weighted by atomic mass is 16.3. The van der Waals surface area contributed by atoms with Crippen LogP contribution in [0.1, 0.15) is 57.6 Å². The van der Waals surface area contributed by atoms with Crippen molar-refractivity contribution in [3.8, 4) is 16.9 Å². The van der Waals surface area contributed by atoms with Crippen molar-refractivity contribution < 1.29 is 4.42 Å². The third-order valence-electron chi connectivity index (χ3n) is 11.1. The molecule has 3 aliphatic rings. The van der Waals surface area contributed by atoms with Crippen LogP contribution in [0.5, 0.6) is 0 Å². The highest BCUT2D eigenvalue weighted by Crippen LogP contribution is 2.53. The highest BCUT2D eigenvalue weighted by Gasteiger charge is 2.42. The monoisotopic (exact) mass is 635 g/mol. The lowest BCUT2D eigenvalue weighted by Crippen LogP contribution is -2.20. The van der Waals surface area contributed by atoms with E-state index in [0.29, 0.717) is 11.8 Å². The van der Waals surface area contributed by atoms with Crippen LogP contribution in [0.15, 0.2) is 125 Å². The van der Waals surface area contributed by atoms with Crippen LogP contribution >= 0.6 is 0 Å². The van der Waals surface area contributed by atoms with Crippen LogP contribution in [-0.4, -0.2) is 14.5 Å². The lowest BCUT2D eigenvalue weighted by molar-refractivity contribution is 0.619. The third kappa shape index (κ3) is 4.10. The summed E-state index contributed by atoms with van der Waals surface area (Å²) in [6.07, 6.45) is 13.5. The molecule has 3 aliphatic carbocycles. The summed E-state index contributed by atoms with van der Waals surface area (Å²) in [5.74, 6) is 1.79. The molecule has 4 nitrogen and oxygen atoms in total. The maximum atomic E-state index is 6.38. The van der Waals surface area contributed by atoms with Gasteiger partial charge in [0.1, 0.15) is 11.2 Å². The Balaban J connectivity index is 1.30. The van der Waals surface area contributed by atoms with Gasteiger partial charge in [0.15, 0.2) is 5.82 Å². The van der Waals surface area contributed by atoms with Crippen molar-refractivity contribution in [1.29, 1.82) is 0 Å². The summed E-state index contributed by atoms with van der Waals surface area (Å²) in [5.41, 5.74) is 13.4. The van der Waals surface area contributed by atoms with Crippen LogP contribution in [0.25, 0.3) is 71.8 Å². The number of benzene rings is 4. The average Bonchev–Trinajstić information content (AvgIpc) is 3.72. The molecule has 3 aromatic heterocycles. The van der Waals surface area contributed by atoms with E-state index >= 15 is 0 Å². The Bertz CT molecular complexity index is 2670. The topological polar surface area (TPSA) is 43.9 Å². The SMILES string of the molecule is CC1C=CC(c2nc(-c3ccccc3-n3c4ccccc4c4cc5oc6ccccc6c5cc43)c3c(n2)C(C)(C)C2=C3CC(C)C=C2)=CC1. The smallest absolute Gasteiger partial charge is 0.159 e. The van der Waals surface area contributed by atoms with E-state index in [-0.39, 0.29) is 5.41 Å². The number of para-hydroxylation sites is 3. The number of furan rings is 1. The normalized spacial score (nSPS) is 19.7. The number of aromatic nitrogens is 3. The standard InChI is InChI=1S/C45H37N3O/c1-26-17-20-28(21-18-26)44-46-42(41-34-23-27(2)19-22-35(34)45(3,4)43(41)47-44)31-13-6-9-15-37(31)48-36-14-8-5-11-29(36)32-25-40-33(24-38(32)48)30-12-7-10-16-39(30)49-40/h5-17,19-22,24-27H,18,23H2,1-4H3. The van der Waals surface area contributed by atoms with E-state index in [1.54, 1.807) is 0 Å². The molecule has 0 N–H and O–H groups in total. The van der Waals surface area contributed by atoms with Gasteiger partial charge in [-0.25, -0.2) is 9.97 Å². The lowest BCUT2D eigenvalue weighted by Gasteiger charge is -2.24. The van der Waals surface area contributed by atoms with Crippen molar-refractivity contribution >= 4 is 54.9 Å². The van der Waals surface area contributed by atoms with Crippen LogP contribution in [0, 0.1) is 11.8 Å². The molecule has 0 amide bonds. The summed E-state index contributed by atoms with van der Waals surface area (Å²) in [4.78, 5) is 11.0. The number of hydrogen-bond donors (Lipinski definition) is 0. The van der Waals surface area contributed by atoms with Crippen molar-refractivity contribution in [1.82, 2.24) is 14.5 Å². The Labute approximate surface area is 285 Å². The van der Waals surface area contributed by atoms with Gasteiger partial charge >= 0.3 is 0 Å². The van der Waals surface area contributed by atoms with Crippen LogP contribution in [0.4, 0.5) is 0 Å². The van der Waals surface area contributed by atoms with E-state index in [9.17, 15) is 0 Å². The predicted molar refractivity (Wildman–Crippen MR) is 203 cm³/mol. The Kier molecular flexibility index (Phi) is 5.97. The summed E-state index contributed by atoms with van der Waals surface area (Å²) in [6.45, 7) is 9.24. The second kappa shape index (κ2) is 10.3. The van der Waals surface area contributed by atoms with Gasteiger partial charge in [0, 0.05) is 43.7 Å². The first-order valence-corrected chi connectivity index (χ1v) is 17.5. The Morgan fingerprint density at radius 1 is 0.735 bits per heavy atom. The molecule has 10 rings (SSSR count). The first-order valence-electron chi connectivity index (χ1n) is 17.5. The number of hydrogen-bond acceptors (Lipinski definition) is 3. The van der Waals surface area contributed by atoms with Gasteiger partial charge in [-0.05, 0) is 66.2 Å². The molecule has 0 spiro atoms. The zero-order chi connectivity index (χ0) is 33.0. The Hall–Kier alpha value is -5.48. The quantitative estimate of drug-likeness (QED) is 0.194. The van der Waals surface area contributed by atoms with Crippen LogP contribution in [-0.2, 0) is 5.41 Å². The van der Waals surface area contributed by atoms with Crippen LogP contribution in [0.3, 0.4) is 0 Å². The highest BCUT2D eigenvalue weighted by molar-refractivity contribution is 6.17. The number of nitrogens with zero attached hydrogens (tertiary/aromatic N) is 3. The van der Waals surface area contributed by atoms with Gasteiger partial charge < -0.3 is 8.98 Å². The third-order valence-corrected chi connectivity index (χ3v) is 11.1. The number of fused-ring (bicyclic) bond motifs is 8. The van der Waals surface area contributed by atoms with E-state index in [2.05, 4.69) is 142 Å². The Morgan fingerprint density at radius 2 is 1.51 bits per heavy atom. The van der Waals surface area contributed by atoms with E-state index in [0.717, 1.165) is 79.8 Å². The molecule has 7 aromatic rings. The first kappa shape index (κ1) is 28.5. The van der Waals surface area contributed by atoms with Crippen molar-refractivity contribution in [2.24, 2.45) is 11.8 Å². The van der Waals surface area contributed by atoms with Gasteiger partial charge in [0.2, 0.25) is 0 Å². The van der Waals surface area contributed by atoms with Gasteiger partial charge in [0.05, 0.1) is 28.1 Å². The molecule has 4 aromatic carbocycles. The first-order chi connectivity index (χ1) is 23.9. The van der Waals surface area contributed by atoms with Crippen molar-refractivity contribution in [3.05, 3.63) is 138 Å². The minimum absolute atomic E-state index is 0.226. The molecule has 49 heavy (non-hydrogen) atoms. The molecule has 0 aliphatic heterocycles. The summed E-state index contributed by atoms with van der Waals surface area (Å²) >= 11 is 0. The van der Waals surface area contributed by atoms with Gasteiger partial charge in [-0.3, -0.25) is 0 Å². The molecule has 4 heteroatoms. The van der Waals surface area contributed by atoms with E-state index in [1.165, 1.54) is 27.5 Å². The summed E-state index contributed by atoms with van der Waals surface area (Å²) in [7, 11) is 0. The van der Waals surface area contributed by atoms with E-state index < -0.39 is 0 Å². The zero-order valence-electron chi connectivity index (χ0n) is 28.3. The Morgan fingerprint density at radius 3 is 2.37 bits per heavy atom. The molecular weight excluding hydrogens is 599 g/mol. The second-order valence-electron chi connectivity index (χ2n) is 14.7. The van der Waals surface area contributed by atoms with E-state index in [4.69, 9.17) is 14.4 Å². The minimum atomic E-state index is -0.226. The maximum Gasteiger partial charge on any atom is 0.159 e. The molecular formula is C45H37N3O. The molecule has 0 saturated carbocycles. The number of allylic oxidation sites excluding steroid dienone is 8. The summed E-state index contributed by atoms with van der Waals surface area (Å²) in [5, 5.41) is 4.63. The second-order valence-corrected chi connectivity index (χ2v) is 14.7. The fourth-order valence-electron chi connectivity index (χ4n) is 8.54. The summed E-state index contributed by atoms with van der Waals surface area (Å²) in [6, 6.07) is 30.4. The average molecular weight is 636 g/mol. The van der Waals surface area contributed by atoms with Crippen LogP contribution < -0.4 is 0 Å². The van der Waals surface area contributed by atoms with Crippen molar-refractivity contribution in [2.75, 3.05) is 0 Å². The summed E-state index contributed by atoms with van der Waals surface area (Å²) < 4.78 is 8.82. The zero-order valence-corrected chi connectivity index (χ0v) is 28.3. The lowest BCUT2D eigenvalue weighted by atomic mass is 9.81. The maximum absolute atomic E-state index is 6.38. The predicted octanol–water partition coefficient (Wildman–Crippen LogP) is 11.8. The molecule has 0 saturated heterocycles. The van der Waals surface area contributed by atoms with Gasteiger partial charge in [-0.1, -0.05) is 113 Å². The van der Waals surface area contributed by atoms with Crippen LogP contribution in [0.2, 0.25) is 0 Å². The van der Waals surface area contributed by atoms with Gasteiger partial charge in [-0.15, -0.1) is 0 Å². The molecule has 2 atom stereocenters. The minimum Gasteiger partial charge on any atom is -0.456 e. The molecule has 3 heterocycles. The van der Waals surface area contributed by atoms with Gasteiger partial charge in [-0.2, -0.15) is 0 Å². The molecule has 238 valence electrons. The largest absolute Gasteiger partial charge is 0.456 e. The fourth-order valence-corrected chi connectivity index (χ4v) is 8.54. The molecule has 2 unspecified atom stereocenters. The molecule has 0 bridgehead atoms.